The van der Waals surface area contributed by atoms with Crippen LogP contribution in [-0.4, -0.2) is 5.11 Å². The van der Waals surface area contributed by atoms with Crippen LogP contribution in [-0.2, 0) is 6.61 Å². The van der Waals surface area contributed by atoms with E-state index in [1.54, 1.807) is 0 Å². The molecule has 1 nitrogen and oxygen atoms in total. The van der Waals surface area contributed by atoms with E-state index in [1.165, 1.54) is 0 Å². The predicted octanol–water partition coefficient (Wildman–Crippen LogP) is 3.22. The van der Waals surface area contributed by atoms with Crippen LogP contribution in [0, 0.1) is 11.8 Å². The van der Waals surface area contributed by atoms with Crippen LogP contribution in [0.5, 0.6) is 0 Å². The average molecular weight is 222 g/mol. The van der Waals surface area contributed by atoms with Gasteiger partial charge in [0, 0.05) is 5.56 Å². The van der Waals surface area contributed by atoms with E-state index >= 15 is 0 Å². The first-order valence-electron chi connectivity index (χ1n) is 5.56. The molecule has 0 saturated heterocycles. The molecule has 0 unspecified atom stereocenters. The topological polar surface area (TPSA) is 20.2 Å². The number of rotatable bonds is 2. The highest BCUT2D eigenvalue weighted by atomic mass is 16.3. The molecule has 0 heterocycles. The maximum Gasteiger partial charge on any atom is 0.0681 e. The van der Waals surface area contributed by atoms with Crippen molar-refractivity contribution in [2.24, 2.45) is 0 Å². The molecule has 0 bridgehead atoms. The van der Waals surface area contributed by atoms with Crippen molar-refractivity contribution in [3.05, 3.63) is 59.7 Å². The lowest BCUT2D eigenvalue weighted by Crippen LogP contribution is -1.84. The molecule has 1 N–H and O–H groups in total. The molecular weight excluding hydrogens is 208 g/mol. The Balaban J connectivity index is 2.37. The molecule has 0 aromatic heterocycles. The Morgan fingerprint density at radius 3 is 2.41 bits per heavy atom. The lowest BCUT2D eigenvalue weighted by molar-refractivity contribution is 0.282. The molecule has 2 aromatic rings. The molecule has 17 heavy (non-hydrogen) atoms. The first kappa shape index (κ1) is 11.4. The quantitative estimate of drug-likeness (QED) is 0.773. The van der Waals surface area contributed by atoms with Crippen molar-refractivity contribution in [2.45, 2.75) is 13.5 Å². The summed E-state index contributed by atoms with van der Waals surface area (Å²) in [6.45, 7) is 1.92. The average Bonchev–Trinajstić information content (AvgIpc) is 2.40. The molecule has 0 aliphatic rings. The second kappa shape index (κ2) is 5.34. The first-order chi connectivity index (χ1) is 8.33. The minimum atomic E-state index is 0.0850. The summed E-state index contributed by atoms with van der Waals surface area (Å²) in [6.07, 6.45) is 0. The van der Waals surface area contributed by atoms with Crippen molar-refractivity contribution < 1.29 is 5.11 Å². The Bertz CT molecular complexity index is 556. The van der Waals surface area contributed by atoms with Crippen LogP contribution in [0.2, 0.25) is 0 Å². The zero-order chi connectivity index (χ0) is 12.1. The van der Waals surface area contributed by atoms with Crippen LogP contribution in [0.3, 0.4) is 0 Å². The van der Waals surface area contributed by atoms with E-state index in [-0.39, 0.29) is 6.61 Å². The Labute approximate surface area is 102 Å². The maximum absolute atomic E-state index is 8.99. The Kier molecular flexibility index (Phi) is 3.59. The van der Waals surface area contributed by atoms with E-state index in [0.29, 0.717) is 0 Å². The summed E-state index contributed by atoms with van der Waals surface area (Å²) in [6, 6.07) is 16.1. The van der Waals surface area contributed by atoms with Crippen LogP contribution < -0.4 is 0 Å². The molecular formula is C16H14O. The van der Waals surface area contributed by atoms with Crippen molar-refractivity contribution in [2.75, 3.05) is 0 Å². The van der Waals surface area contributed by atoms with E-state index < -0.39 is 0 Å². The van der Waals surface area contributed by atoms with Crippen LogP contribution in [0.1, 0.15) is 18.1 Å². The van der Waals surface area contributed by atoms with Gasteiger partial charge in [-0.15, -0.1) is 5.92 Å². The summed E-state index contributed by atoms with van der Waals surface area (Å²) in [5.74, 6) is 5.95. The fourth-order valence-electron chi connectivity index (χ4n) is 1.72. The van der Waals surface area contributed by atoms with E-state index in [4.69, 9.17) is 5.11 Å². The van der Waals surface area contributed by atoms with E-state index in [1.807, 2.05) is 43.3 Å². The van der Waals surface area contributed by atoms with Crippen LogP contribution in [0.25, 0.3) is 11.1 Å². The van der Waals surface area contributed by atoms with Gasteiger partial charge in [-0.05, 0) is 35.7 Å². The molecule has 84 valence electrons. The van der Waals surface area contributed by atoms with Crippen molar-refractivity contribution in [3.8, 4) is 23.0 Å². The zero-order valence-electron chi connectivity index (χ0n) is 9.77. The summed E-state index contributed by atoms with van der Waals surface area (Å²) < 4.78 is 0. The van der Waals surface area contributed by atoms with Gasteiger partial charge in [0.25, 0.3) is 0 Å². The van der Waals surface area contributed by atoms with Gasteiger partial charge in [-0.1, -0.05) is 42.3 Å². The van der Waals surface area contributed by atoms with Gasteiger partial charge in [-0.2, -0.15) is 0 Å². The second-order valence-electron chi connectivity index (χ2n) is 3.81. The molecule has 1 heteroatoms. The molecule has 0 radical (unpaired) electrons. The summed E-state index contributed by atoms with van der Waals surface area (Å²) >= 11 is 0. The number of benzene rings is 2. The first-order valence-corrected chi connectivity index (χ1v) is 5.56. The molecule has 0 saturated carbocycles. The lowest BCUT2D eigenvalue weighted by Gasteiger charge is -2.03. The van der Waals surface area contributed by atoms with Crippen LogP contribution in [0.15, 0.2) is 48.5 Å². The minimum absolute atomic E-state index is 0.0850. The monoisotopic (exact) mass is 222 g/mol. The van der Waals surface area contributed by atoms with Gasteiger partial charge in [0.15, 0.2) is 0 Å². The smallest absolute Gasteiger partial charge is 0.0681 e. The standard InChI is InChI=1S/C16H14O/c1-2-4-13-5-3-6-16(11-13)15-9-7-14(12-17)8-10-15/h3,5-11,17H,12H2,1H3. The Morgan fingerprint density at radius 1 is 1.00 bits per heavy atom. The fourth-order valence-corrected chi connectivity index (χ4v) is 1.72. The van der Waals surface area contributed by atoms with E-state index in [9.17, 15) is 0 Å². The highest BCUT2D eigenvalue weighted by Gasteiger charge is 1.98. The molecule has 2 rings (SSSR count). The number of hydrogen-bond donors (Lipinski definition) is 1. The number of aliphatic hydroxyl groups is 1. The van der Waals surface area contributed by atoms with Crippen molar-refractivity contribution in [3.63, 3.8) is 0 Å². The molecule has 0 fully saturated rings. The van der Waals surface area contributed by atoms with Gasteiger partial charge in [0.05, 0.1) is 6.61 Å². The third kappa shape index (κ3) is 2.75. The third-order valence-corrected chi connectivity index (χ3v) is 2.60. The third-order valence-electron chi connectivity index (χ3n) is 2.60. The lowest BCUT2D eigenvalue weighted by atomic mass is 10.0. The van der Waals surface area contributed by atoms with Gasteiger partial charge < -0.3 is 5.11 Å². The highest BCUT2D eigenvalue weighted by molar-refractivity contribution is 5.65. The molecule has 0 aliphatic carbocycles. The summed E-state index contributed by atoms with van der Waals surface area (Å²) in [4.78, 5) is 0. The molecule has 0 spiro atoms. The van der Waals surface area contributed by atoms with Crippen molar-refractivity contribution in [1.29, 1.82) is 0 Å². The molecule has 0 aliphatic heterocycles. The number of aliphatic hydroxyl groups excluding tert-OH is 1. The van der Waals surface area contributed by atoms with Gasteiger partial charge in [0.2, 0.25) is 0 Å². The zero-order valence-corrected chi connectivity index (χ0v) is 9.77. The van der Waals surface area contributed by atoms with Gasteiger partial charge in [0.1, 0.15) is 0 Å². The summed E-state index contributed by atoms with van der Waals surface area (Å²) in [5.41, 5.74) is 4.24. The maximum atomic E-state index is 8.99. The predicted molar refractivity (Wildman–Crippen MR) is 70.4 cm³/mol. The summed E-state index contributed by atoms with van der Waals surface area (Å²) in [7, 11) is 0. The largest absolute Gasteiger partial charge is 0.392 e. The van der Waals surface area contributed by atoms with E-state index in [2.05, 4.69) is 24.0 Å². The van der Waals surface area contributed by atoms with E-state index in [0.717, 1.165) is 22.3 Å². The van der Waals surface area contributed by atoms with Crippen molar-refractivity contribution >= 4 is 0 Å². The van der Waals surface area contributed by atoms with Crippen LogP contribution in [0.4, 0.5) is 0 Å². The second-order valence-corrected chi connectivity index (χ2v) is 3.81. The van der Waals surface area contributed by atoms with Gasteiger partial charge >= 0.3 is 0 Å². The summed E-state index contributed by atoms with van der Waals surface area (Å²) in [5, 5.41) is 8.99. The highest BCUT2D eigenvalue weighted by Crippen LogP contribution is 2.20. The minimum Gasteiger partial charge on any atom is -0.392 e. The normalized spacial score (nSPS) is 9.53. The SMILES string of the molecule is CC#Cc1cccc(-c2ccc(CO)cc2)c1. The molecule has 2 aromatic carbocycles. The Morgan fingerprint density at radius 2 is 1.76 bits per heavy atom. The number of hydrogen-bond acceptors (Lipinski definition) is 1. The Hall–Kier alpha value is -2.04. The molecule has 0 amide bonds. The van der Waals surface area contributed by atoms with Crippen molar-refractivity contribution in [1.82, 2.24) is 0 Å². The van der Waals surface area contributed by atoms with Crippen LogP contribution >= 0.6 is 0 Å². The van der Waals surface area contributed by atoms with Gasteiger partial charge in [-0.3, -0.25) is 0 Å². The fraction of sp³-hybridized carbons (Fsp3) is 0.125. The van der Waals surface area contributed by atoms with Gasteiger partial charge in [-0.25, -0.2) is 0 Å². The molecule has 0 atom stereocenters.